The first-order chi connectivity index (χ1) is 14.5. The Hall–Kier alpha value is -3.04. The van der Waals surface area contributed by atoms with E-state index in [-0.39, 0.29) is 15.1 Å². The van der Waals surface area contributed by atoms with Gasteiger partial charge in [0.05, 0.1) is 16.2 Å². The van der Waals surface area contributed by atoms with E-state index in [9.17, 15) is 14.4 Å². The molecule has 9 heteroatoms. The number of para-hydroxylation sites is 1. The number of thiocarbonyl (C=S) groups is 1. The van der Waals surface area contributed by atoms with Crippen LogP contribution in [0.5, 0.6) is 0 Å². The third kappa shape index (κ3) is 3.50. The van der Waals surface area contributed by atoms with Gasteiger partial charge in [-0.25, -0.2) is 0 Å². The van der Waals surface area contributed by atoms with E-state index in [0.29, 0.717) is 23.2 Å². The molecule has 0 bridgehead atoms. The second-order valence-electron chi connectivity index (χ2n) is 6.72. The highest BCUT2D eigenvalue weighted by Crippen LogP contribution is 2.44. The summed E-state index contributed by atoms with van der Waals surface area (Å²) in [4.78, 5) is 44.6. The zero-order valence-electron chi connectivity index (χ0n) is 16.1. The SMILES string of the molecule is CCCCN1C(=O)/C(=C2\SC(=S)N(NC(=O)c3ccncc3)C2=O)c2ccccc21. The highest BCUT2D eigenvalue weighted by Gasteiger charge is 2.42. The lowest BCUT2D eigenvalue weighted by molar-refractivity contribution is -0.124. The van der Waals surface area contributed by atoms with Gasteiger partial charge in [-0.05, 0) is 36.8 Å². The fourth-order valence-corrected chi connectivity index (χ4v) is 4.57. The van der Waals surface area contributed by atoms with Gasteiger partial charge in [-0.1, -0.05) is 43.3 Å². The molecule has 0 atom stereocenters. The molecule has 152 valence electrons. The summed E-state index contributed by atoms with van der Waals surface area (Å²) in [6.45, 7) is 2.64. The number of unbranched alkanes of at least 4 members (excludes halogenated alkanes) is 1. The fraction of sp³-hybridized carbons (Fsp3) is 0.190. The lowest BCUT2D eigenvalue weighted by Gasteiger charge is -2.16. The maximum Gasteiger partial charge on any atom is 0.286 e. The lowest BCUT2D eigenvalue weighted by atomic mass is 10.1. The predicted molar refractivity (Wildman–Crippen MR) is 119 cm³/mol. The number of carbonyl (C=O) groups is 3. The van der Waals surface area contributed by atoms with Crippen molar-refractivity contribution in [3.8, 4) is 0 Å². The predicted octanol–water partition coefficient (Wildman–Crippen LogP) is 3.14. The molecular formula is C21H18N4O3S2. The van der Waals surface area contributed by atoms with E-state index in [4.69, 9.17) is 12.2 Å². The minimum absolute atomic E-state index is 0.169. The maximum absolute atomic E-state index is 13.2. The monoisotopic (exact) mass is 438 g/mol. The van der Waals surface area contributed by atoms with Crippen molar-refractivity contribution in [3.63, 3.8) is 0 Å². The number of hydrogen-bond acceptors (Lipinski definition) is 6. The molecule has 2 aromatic rings. The number of hydrazine groups is 1. The Balaban J connectivity index is 1.67. The van der Waals surface area contributed by atoms with Crippen molar-refractivity contribution in [1.29, 1.82) is 0 Å². The minimum Gasteiger partial charge on any atom is -0.308 e. The molecule has 2 aliphatic heterocycles. The highest BCUT2D eigenvalue weighted by atomic mass is 32.2. The van der Waals surface area contributed by atoms with E-state index in [2.05, 4.69) is 17.3 Å². The van der Waals surface area contributed by atoms with Crippen molar-refractivity contribution in [2.75, 3.05) is 11.4 Å². The van der Waals surface area contributed by atoms with Crippen molar-refractivity contribution in [2.45, 2.75) is 19.8 Å². The van der Waals surface area contributed by atoms with Gasteiger partial charge in [0.15, 0.2) is 4.32 Å². The molecule has 3 heterocycles. The molecule has 3 amide bonds. The first kappa shape index (κ1) is 20.2. The van der Waals surface area contributed by atoms with Gasteiger partial charge in [0.2, 0.25) is 0 Å². The Kier molecular flexibility index (Phi) is 5.65. The van der Waals surface area contributed by atoms with Gasteiger partial charge >= 0.3 is 0 Å². The van der Waals surface area contributed by atoms with Gasteiger partial charge < -0.3 is 4.90 Å². The van der Waals surface area contributed by atoms with E-state index in [1.54, 1.807) is 4.90 Å². The Morgan fingerprint density at radius 2 is 1.87 bits per heavy atom. The van der Waals surface area contributed by atoms with E-state index < -0.39 is 11.8 Å². The number of amides is 3. The quantitative estimate of drug-likeness (QED) is 0.571. The van der Waals surface area contributed by atoms with Crippen molar-refractivity contribution >= 4 is 57.3 Å². The van der Waals surface area contributed by atoms with Crippen LogP contribution in [0.4, 0.5) is 5.69 Å². The van der Waals surface area contributed by atoms with Crippen LogP contribution in [0.1, 0.15) is 35.7 Å². The van der Waals surface area contributed by atoms with Crippen molar-refractivity contribution in [1.82, 2.24) is 15.4 Å². The molecule has 2 aliphatic rings. The topological polar surface area (TPSA) is 82.6 Å². The van der Waals surface area contributed by atoms with Crippen LogP contribution in [0.2, 0.25) is 0 Å². The number of fused-ring (bicyclic) bond motifs is 1. The van der Waals surface area contributed by atoms with Gasteiger partial charge in [0.1, 0.15) is 0 Å². The number of rotatable bonds is 5. The van der Waals surface area contributed by atoms with E-state index in [0.717, 1.165) is 35.3 Å². The van der Waals surface area contributed by atoms with Crippen LogP contribution in [0.3, 0.4) is 0 Å². The van der Waals surface area contributed by atoms with E-state index >= 15 is 0 Å². The zero-order valence-corrected chi connectivity index (χ0v) is 17.8. The lowest BCUT2D eigenvalue weighted by Crippen LogP contribution is -2.45. The van der Waals surface area contributed by atoms with Crippen LogP contribution in [0.25, 0.3) is 5.57 Å². The largest absolute Gasteiger partial charge is 0.308 e. The molecule has 0 radical (unpaired) electrons. The number of anilines is 1. The van der Waals surface area contributed by atoms with Crippen molar-refractivity contribution < 1.29 is 14.4 Å². The van der Waals surface area contributed by atoms with Crippen LogP contribution in [0.15, 0.2) is 53.7 Å². The van der Waals surface area contributed by atoms with Gasteiger partial charge in [0.25, 0.3) is 17.7 Å². The van der Waals surface area contributed by atoms with Crippen LogP contribution < -0.4 is 10.3 Å². The third-order valence-electron chi connectivity index (χ3n) is 4.81. The average molecular weight is 439 g/mol. The number of nitrogens with one attached hydrogen (secondary N) is 1. The number of benzene rings is 1. The Morgan fingerprint density at radius 3 is 2.60 bits per heavy atom. The summed E-state index contributed by atoms with van der Waals surface area (Å²) in [6.07, 6.45) is 4.78. The smallest absolute Gasteiger partial charge is 0.286 e. The molecular weight excluding hydrogens is 420 g/mol. The van der Waals surface area contributed by atoms with Crippen LogP contribution in [-0.2, 0) is 9.59 Å². The fourth-order valence-electron chi connectivity index (χ4n) is 3.32. The summed E-state index contributed by atoms with van der Waals surface area (Å²) < 4.78 is 0.169. The summed E-state index contributed by atoms with van der Waals surface area (Å²) in [5, 5.41) is 1.02. The molecule has 1 fully saturated rings. The number of pyridine rings is 1. The summed E-state index contributed by atoms with van der Waals surface area (Å²) in [6, 6.07) is 10.5. The molecule has 0 unspecified atom stereocenters. The number of hydrogen-bond donors (Lipinski definition) is 1. The molecule has 30 heavy (non-hydrogen) atoms. The maximum atomic E-state index is 13.2. The molecule has 4 rings (SSSR count). The second kappa shape index (κ2) is 8.37. The van der Waals surface area contributed by atoms with E-state index in [1.807, 2.05) is 24.3 Å². The van der Waals surface area contributed by atoms with E-state index in [1.165, 1.54) is 24.5 Å². The molecule has 0 aliphatic carbocycles. The molecule has 7 nitrogen and oxygen atoms in total. The number of aromatic nitrogens is 1. The standard InChI is InChI=1S/C21H18N4O3S2/c1-2-3-12-24-15-7-5-4-6-14(15)16(19(24)27)17-20(28)25(21(29)30-17)23-18(26)13-8-10-22-11-9-13/h4-11H,2-3,12H2,1H3,(H,23,26)/b17-16-. The summed E-state index contributed by atoms with van der Waals surface area (Å²) >= 11 is 6.34. The Morgan fingerprint density at radius 1 is 1.13 bits per heavy atom. The first-order valence-electron chi connectivity index (χ1n) is 9.45. The zero-order chi connectivity index (χ0) is 21.3. The molecule has 1 aromatic carbocycles. The van der Waals surface area contributed by atoms with Crippen molar-refractivity contribution in [3.05, 3.63) is 64.8 Å². The summed E-state index contributed by atoms with van der Waals surface area (Å²) in [7, 11) is 0. The molecule has 0 saturated carbocycles. The molecule has 1 aromatic heterocycles. The van der Waals surface area contributed by atoms with Crippen LogP contribution >= 0.6 is 24.0 Å². The third-order valence-corrected chi connectivity index (χ3v) is 6.18. The summed E-state index contributed by atoms with van der Waals surface area (Å²) in [5.74, 6) is -1.21. The molecule has 0 spiro atoms. The number of thioether (sulfide) groups is 1. The first-order valence-corrected chi connectivity index (χ1v) is 10.7. The van der Waals surface area contributed by atoms with Gasteiger partial charge in [-0.3, -0.25) is 24.8 Å². The minimum atomic E-state index is -0.511. The normalized spacial score (nSPS) is 18.2. The Bertz CT molecular complexity index is 1080. The summed E-state index contributed by atoms with van der Waals surface area (Å²) in [5.41, 5.74) is 4.71. The Labute approximate surface area is 183 Å². The van der Waals surface area contributed by atoms with Crippen LogP contribution in [-0.4, -0.2) is 38.6 Å². The second-order valence-corrected chi connectivity index (χ2v) is 8.36. The van der Waals surface area contributed by atoms with Crippen molar-refractivity contribution in [2.24, 2.45) is 0 Å². The number of carbonyl (C=O) groups excluding carboxylic acids is 3. The average Bonchev–Trinajstić information content (AvgIpc) is 3.20. The molecule has 1 N–H and O–H groups in total. The van der Waals surface area contributed by atoms with Gasteiger partial charge in [0, 0.05) is 30.1 Å². The van der Waals surface area contributed by atoms with Gasteiger partial charge in [-0.2, -0.15) is 5.01 Å². The van der Waals surface area contributed by atoms with Crippen LogP contribution in [0, 0.1) is 0 Å². The molecule has 1 saturated heterocycles. The number of nitrogens with zero attached hydrogens (tertiary/aromatic N) is 3. The highest BCUT2D eigenvalue weighted by molar-refractivity contribution is 8.26. The van der Waals surface area contributed by atoms with Gasteiger partial charge in [-0.15, -0.1) is 0 Å².